The van der Waals surface area contributed by atoms with Gasteiger partial charge in [0.15, 0.2) is 0 Å². The Hall–Kier alpha value is -0.980. The van der Waals surface area contributed by atoms with E-state index in [4.69, 9.17) is 5.14 Å². The zero-order valence-electron chi connectivity index (χ0n) is 7.47. The quantitative estimate of drug-likeness (QED) is 0.718. The number of aromatic nitrogens is 1. The van der Waals surface area contributed by atoms with Crippen LogP contribution in [0.25, 0.3) is 10.2 Å². The molecular weight excluding hydrogens is 220 g/mol. The molecule has 0 aliphatic carbocycles. The molecule has 4 nitrogen and oxygen atoms in total. The summed E-state index contributed by atoms with van der Waals surface area (Å²) in [6.45, 7) is 0. The van der Waals surface area contributed by atoms with E-state index in [1.54, 1.807) is 23.5 Å². The molecule has 0 radical (unpaired) electrons. The van der Waals surface area contributed by atoms with Gasteiger partial charge in [-0.3, -0.25) is 0 Å². The number of fused-ring (bicyclic) bond motifs is 1. The smallest absolute Gasteiger partial charge is 0.225 e. The number of nitrogens with two attached hydrogens (primary N) is 1. The van der Waals surface area contributed by atoms with Crippen molar-refractivity contribution in [1.82, 2.24) is 0 Å². The van der Waals surface area contributed by atoms with Gasteiger partial charge in [0.05, 0.1) is 4.90 Å². The average molecular weight is 229 g/mol. The van der Waals surface area contributed by atoms with E-state index in [2.05, 4.69) is 0 Å². The fourth-order valence-electron chi connectivity index (χ4n) is 1.24. The van der Waals surface area contributed by atoms with E-state index in [0.717, 1.165) is 10.2 Å². The van der Waals surface area contributed by atoms with Crippen molar-refractivity contribution < 1.29 is 13.0 Å². The maximum Gasteiger partial charge on any atom is 0.238 e. The predicted octanol–water partition coefficient (Wildman–Crippen LogP) is 0.373. The Morgan fingerprint density at radius 3 is 2.79 bits per heavy atom. The number of hydrogen-bond acceptors (Lipinski definition) is 3. The van der Waals surface area contributed by atoms with Gasteiger partial charge in [-0.2, -0.15) is 4.57 Å². The number of primary sulfonamides is 1. The molecule has 2 rings (SSSR count). The van der Waals surface area contributed by atoms with Gasteiger partial charge in [0.2, 0.25) is 21.1 Å². The van der Waals surface area contributed by atoms with Crippen molar-refractivity contribution in [3.63, 3.8) is 0 Å². The topological polar surface area (TPSA) is 64.0 Å². The maximum atomic E-state index is 11.1. The third kappa shape index (κ3) is 1.52. The average Bonchev–Trinajstić information content (AvgIpc) is 2.46. The zero-order valence-corrected chi connectivity index (χ0v) is 9.10. The third-order valence-electron chi connectivity index (χ3n) is 1.98. The van der Waals surface area contributed by atoms with Crippen LogP contribution in [0.3, 0.4) is 0 Å². The first kappa shape index (κ1) is 9.57. The maximum absolute atomic E-state index is 11.1. The van der Waals surface area contributed by atoms with Crippen molar-refractivity contribution >= 4 is 31.6 Å². The Balaban J connectivity index is 2.79. The summed E-state index contributed by atoms with van der Waals surface area (Å²) < 4.78 is 25.1. The lowest BCUT2D eigenvalue weighted by atomic mass is 10.3. The lowest BCUT2D eigenvalue weighted by Gasteiger charge is -1.95. The molecule has 0 aliphatic rings. The van der Waals surface area contributed by atoms with E-state index >= 15 is 0 Å². The number of benzene rings is 1. The standard InChI is InChI=1S/C8H9N2O2S2/c1-10-5-13-8-3-2-6(4-7(8)10)14(9,11)12/h2-5H,1H3,(H2,9,11,12)/q+1. The minimum Gasteiger partial charge on any atom is -0.225 e. The number of hydrogen-bond donors (Lipinski definition) is 1. The molecule has 14 heavy (non-hydrogen) atoms. The predicted molar refractivity (Wildman–Crippen MR) is 54.4 cm³/mol. The van der Waals surface area contributed by atoms with Crippen LogP contribution in [0.1, 0.15) is 0 Å². The molecule has 2 aromatic rings. The summed E-state index contributed by atoms with van der Waals surface area (Å²) in [6.07, 6.45) is 0. The van der Waals surface area contributed by atoms with Gasteiger partial charge in [-0.25, -0.2) is 13.6 Å². The van der Waals surface area contributed by atoms with Crippen LogP contribution in [0.4, 0.5) is 0 Å². The molecular formula is C8H9N2O2S2+. The van der Waals surface area contributed by atoms with Crippen LogP contribution in [0, 0.1) is 0 Å². The fraction of sp³-hybridized carbons (Fsp3) is 0.125. The number of nitrogens with zero attached hydrogens (tertiary/aromatic N) is 1. The summed E-state index contributed by atoms with van der Waals surface area (Å²) in [5.74, 6) is 0. The van der Waals surface area contributed by atoms with Crippen molar-refractivity contribution in [1.29, 1.82) is 0 Å². The van der Waals surface area contributed by atoms with Crippen molar-refractivity contribution in [3.8, 4) is 0 Å². The molecule has 0 fully saturated rings. The van der Waals surface area contributed by atoms with E-state index < -0.39 is 10.0 Å². The molecule has 0 unspecified atom stereocenters. The van der Waals surface area contributed by atoms with Crippen LogP contribution in [0.2, 0.25) is 0 Å². The summed E-state index contributed by atoms with van der Waals surface area (Å²) >= 11 is 1.56. The second-order valence-corrected chi connectivity index (χ2v) is 5.46. The SMILES string of the molecule is C[n+]1csc2ccc(S(N)(=O)=O)cc21. The Morgan fingerprint density at radius 1 is 1.43 bits per heavy atom. The van der Waals surface area contributed by atoms with Gasteiger partial charge in [-0.15, -0.1) is 0 Å². The van der Waals surface area contributed by atoms with Crippen LogP contribution in [0.5, 0.6) is 0 Å². The molecule has 1 aromatic carbocycles. The van der Waals surface area contributed by atoms with Crippen LogP contribution in [-0.2, 0) is 17.1 Å². The van der Waals surface area contributed by atoms with E-state index in [1.807, 2.05) is 17.1 Å². The Morgan fingerprint density at radius 2 is 2.14 bits per heavy atom. The summed E-state index contributed by atoms with van der Waals surface area (Å²) in [4.78, 5) is 0.152. The Bertz CT molecular complexity index is 586. The molecule has 0 amide bonds. The highest BCUT2D eigenvalue weighted by Crippen LogP contribution is 2.19. The van der Waals surface area contributed by atoms with Gasteiger partial charge in [0.25, 0.3) is 0 Å². The van der Waals surface area contributed by atoms with Gasteiger partial charge in [0, 0.05) is 6.07 Å². The van der Waals surface area contributed by atoms with Crippen LogP contribution < -0.4 is 9.71 Å². The van der Waals surface area contributed by atoms with Gasteiger partial charge in [0.1, 0.15) is 11.7 Å². The van der Waals surface area contributed by atoms with E-state index in [9.17, 15) is 8.42 Å². The first-order valence-corrected chi connectivity index (χ1v) is 6.31. The first-order chi connectivity index (χ1) is 6.48. The van der Waals surface area contributed by atoms with E-state index in [0.29, 0.717) is 0 Å². The largest absolute Gasteiger partial charge is 0.238 e. The second kappa shape index (κ2) is 3.01. The molecule has 74 valence electrons. The number of sulfonamides is 1. The zero-order chi connectivity index (χ0) is 10.3. The van der Waals surface area contributed by atoms with Gasteiger partial charge < -0.3 is 0 Å². The minimum atomic E-state index is -3.60. The number of thiazole rings is 1. The summed E-state index contributed by atoms with van der Waals surface area (Å²) in [5, 5.41) is 5.03. The lowest BCUT2D eigenvalue weighted by molar-refractivity contribution is -0.640. The van der Waals surface area contributed by atoms with Crippen LogP contribution in [-0.4, -0.2) is 8.42 Å². The van der Waals surface area contributed by atoms with Gasteiger partial charge in [-0.05, 0) is 12.1 Å². The summed E-state index contributed by atoms with van der Waals surface area (Å²) in [6, 6.07) is 4.87. The highest BCUT2D eigenvalue weighted by Gasteiger charge is 2.13. The van der Waals surface area contributed by atoms with Crippen molar-refractivity contribution in [2.45, 2.75) is 4.90 Å². The van der Waals surface area contributed by atoms with Crippen LogP contribution >= 0.6 is 11.3 Å². The molecule has 0 atom stereocenters. The summed E-state index contributed by atoms with van der Waals surface area (Å²) in [5.41, 5.74) is 2.79. The van der Waals surface area contributed by atoms with Crippen molar-refractivity contribution in [2.24, 2.45) is 12.2 Å². The molecule has 2 N–H and O–H groups in total. The molecule has 0 spiro atoms. The summed E-state index contributed by atoms with van der Waals surface area (Å²) in [7, 11) is -1.73. The van der Waals surface area contributed by atoms with E-state index in [1.165, 1.54) is 6.07 Å². The molecule has 0 aliphatic heterocycles. The van der Waals surface area contributed by atoms with Crippen molar-refractivity contribution in [3.05, 3.63) is 23.7 Å². The lowest BCUT2D eigenvalue weighted by Crippen LogP contribution is -2.24. The molecule has 0 saturated heterocycles. The molecule has 1 aromatic heterocycles. The third-order valence-corrected chi connectivity index (χ3v) is 3.91. The van der Waals surface area contributed by atoms with Crippen molar-refractivity contribution in [2.75, 3.05) is 0 Å². The molecule has 0 saturated carbocycles. The normalized spacial score (nSPS) is 12.1. The monoisotopic (exact) mass is 229 g/mol. The molecule has 0 bridgehead atoms. The first-order valence-electron chi connectivity index (χ1n) is 3.88. The Kier molecular flexibility index (Phi) is 2.06. The number of aryl methyl sites for hydroxylation is 1. The van der Waals surface area contributed by atoms with Gasteiger partial charge in [-0.1, -0.05) is 11.3 Å². The van der Waals surface area contributed by atoms with Crippen LogP contribution in [0.15, 0.2) is 28.6 Å². The highest BCUT2D eigenvalue weighted by atomic mass is 32.2. The molecule has 6 heteroatoms. The van der Waals surface area contributed by atoms with Gasteiger partial charge >= 0.3 is 0 Å². The minimum absolute atomic E-state index is 0.152. The molecule has 1 heterocycles. The van der Waals surface area contributed by atoms with E-state index in [-0.39, 0.29) is 4.90 Å². The number of rotatable bonds is 1. The second-order valence-electron chi connectivity index (χ2n) is 3.01. The highest BCUT2D eigenvalue weighted by molar-refractivity contribution is 7.89. The fourth-order valence-corrected chi connectivity index (χ4v) is 2.63. The Labute approximate surface area is 85.6 Å².